The summed E-state index contributed by atoms with van der Waals surface area (Å²) in [5.41, 5.74) is 0. The Morgan fingerprint density at radius 1 is 1.33 bits per heavy atom. The summed E-state index contributed by atoms with van der Waals surface area (Å²) in [5.74, 6) is -0.462. The van der Waals surface area contributed by atoms with Gasteiger partial charge in [0.25, 0.3) is 0 Å². The van der Waals surface area contributed by atoms with E-state index in [2.05, 4.69) is 5.32 Å². The van der Waals surface area contributed by atoms with Crippen molar-refractivity contribution in [3.63, 3.8) is 0 Å². The summed E-state index contributed by atoms with van der Waals surface area (Å²) >= 11 is 0. The van der Waals surface area contributed by atoms with Crippen molar-refractivity contribution in [1.82, 2.24) is 5.32 Å². The molecule has 5 N–H and O–H groups in total. The highest BCUT2D eigenvalue weighted by atomic mass is 16.6. The monoisotopic (exact) mass is 221 g/mol. The number of ether oxygens (including phenoxy) is 1. The average Bonchev–Trinajstić information content (AvgIpc) is 2.18. The van der Waals surface area contributed by atoms with Gasteiger partial charge in [0.15, 0.2) is 6.29 Å². The van der Waals surface area contributed by atoms with Gasteiger partial charge in [-0.05, 0) is 0 Å². The van der Waals surface area contributed by atoms with Gasteiger partial charge in [-0.3, -0.25) is 4.79 Å². The lowest BCUT2D eigenvalue weighted by Crippen LogP contribution is -2.63. The summed E-state index contributed by atoms with van der Waals surface area (Å²) in [4.78, 5) is 10.7. The lowest BCUT2D eigenvalue weighted by Gasteiger charge is -2.40. The van der Waals surface area contributed by atoms with Crippen LogP contribution in [-0.2, 0) is 9.53 Å². The van der Waals surface area contributed by atoms with Gasteiger partial charge in [-0.15, -0.1) is 0 Å². The Morgan fingerprint density at radius 3 is 2.40 bits per heavy atom. The molecule has 0 aliphatic carbocycles. The van der Waals surface area contributed by atoms with Crippen LogP contribution in [0.15, 0.2) is 0 Å². The third-order valence-electron chi connectivity index (χ3n) is 2.27. The van der Waals surface area contributed by atoms with Gasteiger partial charge >= 0.3 is 0 Å². The second-order valence-electron chi connectivity index (χ2n) is 3.46. The molecule has 1 saturated heterocycles. The molecule has 7 heteroatoms. The Hall–Kier alpha value is -0.730. The predicted octanol–water partition coefficient (Wildman–Crippen LogP) is -3.08. The minimum Gasteiger partial charge on any atom is -0.394 e. The van der Waals surface area contributed by atoms with E-state index in [4.69, 9.17) is 9.84 Å². The molecular weight excluding hydrogens is 206 g/mol. The molecule has 1 aliphatic rings. The molecule has 0 spiro atoms. The van der Waals surface area contributed by atoms with E-state index in [1.54, 1.807) is 0 Å². The van der Waals surface area contributed by atoms with Crippen molar-refractivity contribution < 1.29 is 30.0 Å². The highest BCUT2D eigenvalue weighted by molar-refractivity contribution is 5.73. The Bertz CT molecular complexity index is 235. The first-order chi connectivity index (χ1) is 6.97. The molecule has 7 nitrogen and oxygen atoms in total. The second-order valence-corrected chi connectivity index (χ2v) is 3.46. The number of amides is 1. The first-order valence-corrected chi connectivity index (χ1v) is 4.55. The van der Waals surface area contributed by atoms with Crippen LogP contribution in [0.3, 0.4) is 0 Å². The maximum Gasteiger partial charge on any atom is 0.217 e. The van der Waals surface area contributed by atoms with E-state index < -0.39 is 43.2 Å². The molecule has 0 aromatic heterocycles. The average molecular weight is 221 g/mol. The number of nitrogens with one attached hydrogen (secondary N) is 1. The number of hydrogen-bond acceptors (Lipinski definition) is 6. The molecule has 1 unspecified atom stereocenters. The Balaban J connectivity index is 2.70. The van der Waals surface area contributed by atoms with E-state index in [9.17, 15) is 20.1 Å². The highest BCUT2D eigenvalue weighted by Crippen LogP contribution is 2.19. The van der Waals surface area contributed by atoms with Crippen molar-refractivity contribution in [1.29, 1.82) is 0 Å². The zero-order valence-electron chi connectivity index (χ0n) is 8.20. The maximum atomic E-state index is 10.7. The molecule has 1 aliphatic heterocycles. The largest absolute Gasteiger partial charge is 0.394 e. The summed E-state index contributed by atoms with van der Waals surface area (Å²) in [6, 6.07) is -1.10. The SMILES string of the molecule is CC(=O)N[C@H]1C(O)O[C@H](CO)[C@H](O)[C@H]1O. The summed E-state index contributed by atoms with van der Waals surface area (Å²) in [5, 5.41) is 39.4. The van der Waals surface area contributed by atoms with Crippen LogP contribution < -0.4 is 5.32 Å². The quantitative estimate of drug-likeness (QED) is 0.337. The van der Waals surface area contributed by atoms with Crippen molar-refractivity contribution in [3.8, 4) is 0 Å². The number of hydrogen-bond donors (Lipinski definition) is 5. The Labute approximate surface area is 86.3 Å². The van der Waals surface area contributed by atoms with E-state index >= 15 is 0 Å². The standard InChI is InChI=1S/C8H15NO6/c1-3(11)9-5-7(13)6(12)4(2-10)15-8(5)14/h4-8,10,12-14H,2H2,1H3,(H,9,11)/t4-,5-,6+,7+,8?/m1/s1. The molecule has 1 amide bonds. The summed E-state index contributed by atoms with van der Waals surface area (Å²) in [6.45, 7) is 0.687. The zero-order valence-corrected chi connectivity index (χ0v) is 8.20. The van der Waals surface area contributed by atoms with Crippen LogP contribution in [0.25, 0.3) is 0 Å². The fourth-order valence-corrected chi connectivity index (χ4v) is 1.49. The van der Waals surface area contributed by atoms with E-state index in [-0.39, 0.29) is 0 Å². The number of carbonyl (C=O) groups excluding carboxylic acids is 1. The molecule has 0 radical (unpaired) electrons. The smallest absolute Gasteiger partial charge is 0.217 e. The zero-order chi connectivity index (χ0) is 11.6. The van der Waals surface area contributed by atoms with Crippen molar-refractivity contribution in [3.05, 3.63) is 0 Å². The minimum absolute atomic E-state index is 0.462. The maximum absolute atomic E-state index is 10.7. The van der Waals surface area contributed by atoms with Crippen LogP contribution in [0, 0.1) is 0 Å². The van der Waals surface area contributed by atoms with E-state index in [0.717, 1.165) is 0 Å². The second kappa shape index (κ2) is 4.86. The van der Waals surface area contributed by atoms with Crippen molar-refractivity contribution in [2.45, 2.75) is 37.6 Å². The lowest BCUT2D eigenvalue weighted by molar-refractivity contribution is -0.253. The summed E-state index contributed by atoms with van der Waals surface area (Å²) < 4.78 is 4.81. The molecule has 0 saturated carbocycles. The normalized spacial score (nSPS) is 41.3. The molecule has 0 bridgehead atoms. The fraction of sp³-hybridized carbons (Fsp3) is 0.875. The molecule has 1 fully saturated rings. The summed E-state index contributed by atoms with van der Waals surface area (Å²) in [6.07, 6.45) is -5.24. The van der Waals surface area contributed by atoms with Crippen molar-refractivity contribution >= 4 is 5.91 Å². The van der Waals surface area contributed by atoms with Gasteiger partial charge in [0.2, 0.25) is 5.91 Å². The van der Waals surface area contributed by atoms with Crippen LogP contribution in [0.4, 0.5) is 0 Å². The van der Waals surface area contributed by atoms with Gasteiger partial charge in [-0.25, -0.2) is 0 Å². The van der Waals surface area contributed by atoms with Crippen LogP contribution in [-0.4, -0.2) is 63.6 Å². The van der Waals surface area contributed by atoms with Gasteiger partial charge in [0, 0.05) is 6.92 Å². The molecule has 1 heterocycles. The van der Waals surface area contributed by atoms with Crippen LogP contribution >= 0.6 is 0 Å². The topological polar surface area (TPSA) is 119 Å². The predicted molar refractivity (Wildman–Crippen MR) is 47.6 cm³/mol. The van der Waals surface area contributed by atoms with Gasteiger partial charge in [-0.2, -0.15) is 0 Å². The van der Waals surface area contributed by atoms with Crippen molar-refractivity contribution in [2.24, 2.45) is 0 Å². The number of aliphatic hydroxyl groups is 4. The first-order valence-electron chi connectivity index (χ1n) is 4.55. The minimum atomic E-state index is -1.45. The number of aliphatic hydroxyl groups excluding tert-OH is 4. The third-order valence-corrected chi connectivity index (χ3v) is 2.27. The third kappa shape index (κ3) is 2.64. The number of rotatable bonds is 2. The Morgan fingerprint density at radius 2 is 1.93 bits per heavy atom. The summed E-state index contributed by atoms with van der Waals surface area (Å²) in [7, 11) is 0. The molecule has 5 atom stereocenters. The molecule has 15 heavy (non-hydrogen) atoms. The van der Waals surface area contributed by atoms with Crippen LogP contribution in [0.1, 0.15) is 6.92 Å². The Kier molecular flexibility index (Phi) is 4.00. The van der Waals surface area contributed by atoms with Crippen LogP contribution in [0.5, 0.6) is 0 Å². The van der Waals surface area contributed by atoms with E-state index in [0.29, 0.717) is 0 Å². The van der Waals surface area contributed by atoms with Gasteiger partial charge in [0.05, 0.1) is 6.61 Å². The molecule has 0 aromatic carbocycles. The molecular formula is C8H15NO6. The molecule has 1 rings (SSSR count). The van der Waals surface area contributed by atoms with E-state index in [1.165, 1.54) is 6.92 Å². The lowest BCUT2D eigenvalue weighted by atomic mass is 9.97. The van der Waals surface area contributed by atoms with Gasteiger partial charge in [-0.1, -0.05) is 0 Å². The van der Waals surface area contributed by atoms with Crippen LogP contribution in [0.2, 0.25) is 0 Å². The molecule has 0 aromatic rings. The van der Waals surface area contributed by atoms with Crippen molar-refractivity contribution in [2.75, 3.05) is 6.61 Å². The van der Waals surface area contributed by atoms with Gasteiger partial charge < -0.3 is 30.5 Å². The first kappa shape index (κ1) is 12.3. The molecule has 88 valence electrons. The number of carbonyl (C=O) groups is 1. The fourth-order valence-electron chi connectivity index (χ4n) is 1.49. The van der Waals surface area contributed by atoms with E-state index in [1.807, 2.05) is 0 Å². The highest BCUT2D eigenvalue weighted by Gasteiger charge is 2.43. The van der Waals surface area contributed by atoms with Gasteiger partial charge in [0.1, 0.15) is 24.4 Å².